The Kier molecular flexibility index (Phi) is 4.13. The molecule has 110 valence electrons. The number of hydrogen-bond donors (Lipinski definition) is 1. The van der Waals surface area contributed by atoms with E-state index in [2.05, 4.69) is 5.92 Å². The van der Waals surface area contributed by atoms with E-state index >= 15 is 0 Å². The molecule has 1 N–H and O–H groups in total. The van der Waals surface area contributed by atoms with Crippen LogP contribution in [-0.2, 0) is 6.42 Å². The van der Waals surface area contributed by atoms with Gasteiger partial charge in [-0.05, 0) is 18.6 Å². The van der Waals surface area contributed by atoms with Crippen molar-refractivity contribution in [2.45, 2.75) is 13.3 Å². The fourth-order valence-corrected chi connectivity index (χ4v) is 2.50. The molecule has 0 aliphatic rings. The van der Waals surface area contributed by atoms with Crippen molar-refractivity contribution >= 4 is 10.8 Å². The smallest absolute Gasteiger partial charge is 0.172 e. The molecule has 0 fully saturated rings. The first-order valence-corrected chi connectivity index (χ1v) is 6.46. The van der Waals surface area contributed by atoms with Crippen LogP contribution in [0, 0.1) is 19.3 Å². The second kappa shape index (κ2) is 5.84. The average Bonchev–Trinajstić information content (AvgIpc) is 2.49. The molecule has 0 spiro atoms. The third-order valence-electron chi connectivity index (χ3n) is 3.53. The first-order valence-electron chi connectivity index (χ1n) is 6.46. The highest BCUT2D eigenvalue weighted by Crippen LogP contribution is 2.47. The van der Waals surface area contributed by atoms with Gasteiger partial charge in [0.25, 0.3) is 0 Å². The molecule has 2 rings (SSSR count). The van der Waals surface area contributed by atoms with Crippen LogP contribution in [0.2, 0.25) is 0 Å². The first-order chi connectivity index (χ1) is 10.1. The lowest BCUT2D eigenvalue weighted by Crippen LogP contribution is -1.98. The van der Waals surface area contributed by atoms with Crippen LogP contribution < -0.4 is 14.2 Å². The summed E-state index contributed by atoms with van der Waals surface area (Å²) in [5, 5.41) is 11.9. The van der Waals surface area contributed by atoms with Gasteiger partial charge in [0.15, 0.2) is 11.5 Å². The minimum atomic E-state index is 0.108. The minimum Gasteiger partial charge on any atom is -0.507 e. The number of aromatic hydroxyl groups is 1. The van der Waals surface area contributed by atoms with Crippen LogP contribution in [0.15, 0.2) is 12.1 Å². The zero-order valence-corrected chi connectivity index (χ0v) is 12.6. The number of aryl methyl sites for hydroxylation is 1. The molecule has 0 bridgehead atoms. The molecule has 4 heteroatoms. The van der Waals surface area contributed by atoms with Crippen LogP contribution in [-0.4, -0.2) is 26.4 Å². The molecule has 0 saturated carbocycles. The molecule has 0 unspecified atom stereocenters. The van der Waals surface area contributed by atoms with E-state index in [1.54, 1.807) is 13.2 Å². The zero-order chi connectivity index (χ0) is 15.6. The van der Waals surface area contributed by atoms with Crippen LogP contribution in [0.3, 0.4) is 0 Å². The molecule has 2 aromatic carbocycles. The van der Waals surface area contributed by atoms with Crippen molar-refractivity contribution < 1.29 is 19.3 Å². The monoisotopic (exact) mass is 286 g/mol. The van der Waals surface area contributed by atoms with Crippen LogP contribution >= 0.6 is 0 Å². The van der Waals surface area contributed by atoms with Gasteiger partial charge in [-0.25, -0.2) is 0 Å². The van der Waals surface area contributed by atoms with Crippen molar-refractivity contribution in [2.24, 2.45) is 0 Å². The molecular weight excluding hydrogens is 268 g/mol. The maximum atomic E-state index is 10.6. The van der Waals surface area contributed by atoms with Gasteiger partial charge in [0.05, 0.1) is 26.7 Å². The van der Waals surface area contributed by atoms with Gasteiger partial charge >= 0.3 is 0 Å². The van der Waals surface area contributed by atoms with Crippen molar-refractivity contribution in [1.82, 2.24) is 0 Å². The molecule has 0 amide bonds. The van der Waals surface area contributed by atoms with Crippen LogP contribution in [0.5, 0.6) is 23.0 Å². The molecule has 0 aliphatic heterocycles. The Balaban J connectivity index is 2.98. The maximum absolute atomic E-state index is 10.6. The third-order valence-corrected chi connectivity index (χ3v) is 3.53. The summed E-state index contributed by atoms with van der Waals surface area (Å²) in [6, 6.07) is 3.67. The molecule has 2 aromatic rings. The number of benzene rings is 2. The lowest BCUT2D eigenvalue weighted by molar-refractivity contribution is 0.352. The second-order valence-corrected chi connectivity index (χ2v) is 4.64. The van der Waals surface area contributed by atoms with E-state index in [0.29, 0.717) is 34.6 Å². The summed E-state index contributed by atoms with van der Waals surface area (Å²) >= 11 is 0. The Morgan fingerprint density at radius 3 is 2.29 bits per heavy atom. The van der Waals surface area contributed by atoms with Crippen molar-refractivity contribution in [3.63, 3.8) is 0 Å². The number of ether oxygens (including phenoxy) is 3. The van der Waals surface area contributed by atoms with Gasteiger partial charge in [-0.15, -0.1) is 12.3 Å². The van der Waals surface area contributed by atoms with Gasteiger partial charge in [-0.3, -0.25) is 0 Å². The lowest BCUT2D eigenvalue weighted by Gasteiger charge is -2.17. The molecule has 0 aliphatic carbocycles. The van der Waals surface area contributed by atoms with Gasteiger partial charge in [0.1, 0.15) is 11.5 Å². The van der Waals surface area contributed by atoms with Crippen molar-refractivity contribution in [3.05, 3.63) is 23.3 Å². The van der Waals surface area contributed by atoms with Crippen molar-refractivity contribution in [2.75, 3.05) is 21.3 Å². The topological polar surface area (TPSA) is 47.9 Å². The zero-order valence-electron chi connectivity index (χ0n) is 12.6. The predicted octanol–water partition coefficient (Wildman–Crippen LogP) is 3.06. The summed E-state index contributed by atoms with van der Waals surface area (Å²) in [6.45, 7) is 1.90. The molecule has 21 heavy (non-hydrogen) atoms. The molecule has 0 heterocycles. The summed E-state index contributed by atoms with van der Waals surface area (Å²) in [7, 11) is 4.64. The molecule has 0 aromatic heterocycles. The van der Waals surface area contributed by atoms with Gasteiger partial charge in [-0.1, -0.05) is 0 Å². The van der Waals surface area contributed by atoms with Gasteiger partial charge < -0.3 is 19.3 Å². The van der Waals surface area contributed by atoms with E-state index in [0.717, 1.165) is 10.9 Å². The second-order valence-electron chi connectivity index (χ2n) is 4.64. The van der Waals surface area contributed by atoms with E-state index in [1.807, 2.05) is 13.0 Å². The molecule has 4 nitrogen and oxygen atoms in total. The Morgan fingerprint density at radius 1 is 1.10 bits per heavy atom. The predicted molar refractivity (Wildman–Crippen MR) is 82.5 cm³/mol. The number of phenols is 1. The van der Waals surface area contributed by atoms with Crippen molar-refractivity contribution in [3.8, 4) is 35.3 Å². The van der Waals surface area contributed by atoms with Crippen molar-refractivity contribution in [1.29, 1.82) is 0 Å². The van der Waals surface area contributed by atoms with Crippen LogP contribution in [0.25, 0.3) is 10.8 Å². The fourth-order valence-electron chi connectivity index (χ4n) is 2.50. The standard InChI is InChI=1S/C17H18O4/c1-6-7-11-10(2)8-12-13(19-3)9-14(20-4)17(21-5)15(12)16(11)18/h1,8-9,18H,7H2,2-5H3. The summed E-state index contributed by atoms with van der Waals surface area (Å²) in [6.07, 6.45) is 5.73. The molecule has 0 saturated heterocycles. The normalized spacial score (nSPS) is 10.2. The first kappa shape index (κ1) is 14.9. The van der Waals surface area contributed by atoms with Gasteiger partial charge in [0, 0.05) is 23.4 Å². The van der Waals surface area contributed by atoms with E-state index in [1.165, 1.54) is 14.2 Å². The van der Waals surface area contributed by atoms with E-state index in [-0.39, 0.29) is 5.75 Å². The number of rotatable bonds is 4. The number of fused-ring (bicyclic) bond motifs is 1. The molecular formula is C17H18O4. The third kappa shape index (κ3) is 2.31. The average molecular weight is 286 g/mol. The summed E-state index contributed by atoms with van der Waals surface area (Å²) in [4.78, 5) is 0. The summed E-state index contributed by atoms with van der Waals surface area (Å²) < 4.78 is 16.1. The van der Waals surface area contributed by atoms with Crippen LogP contribution in [0.4, 0.5) is 0 Å². The molecule has 0 atom stereocenters. The highest BCUT2D eigenvalue weighted by Gasteiger charge is 2.20. The van der Waals surface area contributed by atoms with E-state index in [9.17, 15) is 5.11 Å². The van der Waals surface area contributed by atoms with Gasteiger partial charge in [-0.2, -0.15) is 0 Å². The van der Waals surface area contributed by atoms with Gasteiger partial charge in [0.2, 0.25) is 0 Å². The minimum absolute atomic E-state index is 0.108. The Hall–Kier alpha value is -2.54. The largest absolute Gasteiger partial charge is 0.507 e. The lowest BCUT2D eigenvalue weighted by atomic mass is 9.96. The Morgan fingerprint density at radius 2 is 1.76 bits per heavy atom. The highest BCUT2D eigenvalue weighted by atomic mass is 16.5. The summed E-state index contributed by atoms with van der Waals surface area (Å²) in [5.41, 5.74) is 1.61. The van der Waals surface area contributed by atoms with E-state index < -0.39 is 0 Å². The number of hydrogen-bond acceptors (Lipinski definition) is 4. The van der Waals surface area contributed by atoms with E-state index in [4.69, 9.17) is 20.6 Å². The Bertz CT molecular complexity index is 726. The quantitative estimate of drug-likeness (QED) is 0.878. The molecule has 0 radical (unpaired) electrons. The number of phenolic OH excluding ortho intramolecular Hbond substituents is 1. The number of methoxy groups -OCH3 is 3. The maximum Gasteiger partial charge on any atom is 0.172 e. The SMILES string of the molecule is C#CCc1c(C)cc2c(OC)cc(OC)c(OC)c2c1O. The van der Waals surface area contributed by atoms with Crippen LogP contribution in [0.1, 0.15) is 11.1 Å². The Labute approximate surface area is 124 Å². The summed E-state index contributed by atoms with van der Waals surface area (Å²) in [5.74, 6) is 4.23. The highest BCUT2D eigenvalue weighted by molar-refractivity contribution is 6.01. The number of terminal acetylenes is 1. The fraction of sp³-hybridized carbons (Fsp3) is 0.294.